The van der Waals surface area contributed by atoms with Gasteiger partial charge < -0.3 is 4.74 Å². The smallest absolute Gasteiger partial charge is 0.312 e. The summed E-state index contributed by atoms with van der Waals surface area (Å²) in [6, 6.07) is 11.9. The van der Waals surface area contributed by atoms with Gasteiger partial charge in [-0.2, -0.15) is 10.5 Å². The molecule has 0 bridgehead atoms. The number of hydrogen-bond acceptors (Lipinski definition) is 5. The van der Waals surface area contributed by atoms with E-state index in [2.05, 4.69) is 0 Å². The third kappa shape index (κ3) is 3.08. The Morgan fingerprint density at radius 2 is 1.86 bits per heavy atom. The van der Waals surface area contributed by atoms with Crippen LogP contribution >= 0.6 is 11.6 Å². The highest BCUT2D eigenvalue weighted by Crippen LogP contribution is 2.34. The maximum Gasteiger partial charge on any atom is 0.312 e. The van der Waals surface area contributed by atoms with Crippen molar-refractivity contribution in [1.82, 2.24) is 0 Å². The van der Waals surface area contributed by atoms with E-state index in [1.54, 1.807) is 0 Å². The predicted molar refractivity (Wildman–Crippen MR) is 74.1 cm³/mol. The van der Waals surface area contributed by atoms with E-state index in [1.807, 2.05) is 12.1 Å². The van der Waals surface area contributed by atoms with E-state index in [0.29, 0.717) is 5.02 Å². The molecule has 0 aliphatic heterocycles. The third-order valence-corrected chi connectivity index (χ3v) is 2.80. The molecule has 0 radical (unpaired) electrons. The molecule has 0 amide bonds. The second kappa shape index (κ2) is 5.91. The molecule has 2 aromatic carbocycles. The molecule has 0 saturated carbocycles. The number of nitro benzene ring substituents is 1. The summed E-state index contributed by atoms with van der Waals surface area (Å²) < 4.78 is 5.42. The Morgan fingerprint density at radius 3 is 2.48 bits per heavy atom. The number of halogens is 1. The molecule has 0 aliphatic carbocycles. The summed E-state index contributed by atoms with van der Waals surface area (Å²) in [5.74, 6) is 0.0376. The topological polar surface area (TPSA) is 99.9 Å². The Balaban J connectivity index is 2.50. The molecule has 2 rings (SSSR count). The van der Waals surface area contributed by atoms with Crippen molar-refractivity contribution in [1.29, 1.82) is 10.5 Å². The zero-order valence-electron chi connectivity index (χ0n) is 10.4. The maximum atomic E-state index is 11.0. The molecule has 0 aliphatic rings. The first kappa shape index (κ1) is 14.3. The van der Waals surface area contributed by atoms with Crippen LogP contribution in [0.15, 0.2) is 36.4 Å². The lowest BCUT2D eigenvalue weighted by molar-refractivity contribution is -0.385. The number of nitriles is 2. The van der Waals surface area contributed by atoms with Gasteiger partial charge in [0.1, 0.15) is 11.8 Å². The van der Waals surface area contributed by atoms with E-state index in [-0.39, 0.29) is 28.3 Å². The Bertz CT molecular complexity index is 806. The van der Waals surface area contributed by atoms with Crippen LogP contribution in [0.2, 0.25) is 5.02 Å². The molecular weight excluding hydrogens is 294 g/mol. The standard InChI is InChI=1S/C14H6ClN3O3/c15-11-3-2-10(8-17)14(6-11)21-13-4-1-9(7-16)5-12(13)18(19)20/h1-6H. The summed E-state index contributed by atoms with van der Waals surface area (Å²) >= 11 is 5.82. The van der Waals surface area contributed by atoms with E-state index in [0.717, 1.165) is 6.07 Å². The summed E-state index contributed by atoms with van der Waals surface area (Å²) in [7, 11) is 0. The molecule has 0 N–H and O–H groups in total. The van der Waals surface area contributed by atoms with Crippen LogP contribution < -0.4 is 4.74 Å². The van der Waals surface area contributed by atoms with Crippen LogP contribution in [0.5, 0.6) is 11.5 Å². The molecule has 0 heterocycles. The van der Waals surface area contributed by atoms with Gasteiger partial charge in [-0.15, -0.1) is 0 Å². The molecule has 0 unspecified atom stereocenters. The first-order chi connectivity index (χ1) is 10.0. The molecule has 2 aromatic rings. The average Bonchev–Trinajstić information content (AvgIpc) is 2.47. The SMILES string of the molecule is N#Cc1ccc(Oc2cc(Cl)ccc2C#N)c([N+](=O)[O-])c1. The fraction of sp³-hybridized carbons (Fsp3) is 0. The van der Waals surface area contributed by atoms with Crippen LogP contribution in [0.3, 0.4) is 0 Å². The first-order valence-electron chi connectivity index (χ1n) is 5.61. The van der Waals surface area contributed by atoms with Gasteiger partial charge in [0, 0.05) is 17.2 Å². The Hall–Kier alpha value is -3.09. The number of nitro groups is 1. The average molecular weight is 300 g/mol. The van der Waals surface area contributed by atoms with Gasteiger partial charge in [0.25, 0.3) is 0 Å². The first-order valence-corrected chi connectivity index (χ1v) is 5.99. The zero-order valence-corrected chi connectivity index (χ0v) is 11.2. The van der Waals surface area contributed by atoms with Crippen LogP contribution in [0, 0.1) is 32.8 Å². The van der Waals surface area contributed by atoms with Gasteiger partial charge in [-0.25, -0.2) is 0 Å². The number of ether oxygens (including phenoxy) is 1. The second-order valence-electron chi connectivity index (χ2n) is 3.91. The van der Waals surface area contributed by atoms with Gasteiger partial charge in [-0.05, 0) is 24.3 Å². The van der Waals surface area contributed by atoms with Crippen molar-refractivity contribution < 1.29 is 9.66 Å². The monoisotopic (exact) mass is 299 g/mol. The molecule has 7 heteroatoms. The Morgan fingerprint density at radius 1 is 1.10 bits per heavy atom. The molecule has 0 spiro atoms. The lowest BCUT2D eigenvalue weighted by Gasteiger charge is -2.08. The summed E-state index contributed by atoms with van der Waals surface area (Å²) in [5, 5.41) is 29.1. The van der Waals surface area contributed by atoms with Gasteiger partial charge in [-0.3, -0.25) is 10.1 Å². The lowest BCUT2D eigenvalue weighted by Crippen LogP contribution is -1.95. The normalized spacial score (nSPS) is 9.48. The zero-order chi connectivity index (χ0) is 15.4. The molecule has 0 aromatic heterocycles. The van der Waals surface area contributed by atoms with Crippen molar-refractivity contribution in [2.45, 2.75) is 0 Å². The summed E-state index contributed by atoms with van der Waals surface area (Å²) in [4.78, 5) is 10.4. The van der Waals surface area contributed by atoms with Crippen LogP contribution in [-0.4, -0.2) is 4.92 Å². The van der Waals surface area contributed by atoms with Gasteiger partial charge in [0.05, 0.1) is 22.1 Å². The second-order valence-corrected chi connectivity index (χ2v) is 4.34. The Labute approximate surface area is 124 Å². The minimum atomic E-state index is -0.660. The fourth-order valence-corrected chi connectivity index (χ4v) is 1.77. The van der Waals surface area contributed by atoms with Gasteiger partial charge in [-0.1, -0.05) is 11.6 Å². The van der Waals surface area contributed by atoms with Gasteiger partial charge >= 0.3 is 5.69 Å². The van der Waals surface area contributed by atoms with E-state index in [9.17, 15) is 10.1 Å². The number of rotatable bonds is 3. The van der Waals surface area contributed by atoms with E-state index in [4.69, 9.17) is 26.9 Å². The number of benzene rings is 2. The predicted octanol–water partition coefficient (Wildman–Crippen LogP) is 3.78. The van der Waals surface area contributed by atoms with Crippen molar-refractivity contribution in [3.05, 3.63) is 62.7 Å². The van der Waals surface area contributed by atoms with E-state index < -0.39 is 4.92 Å². The van der Waals surface area contributed by atoms with Gasteiger partial charge in [0.15, 0.2) is 0 Å². The molecule has 6 nitrogen and oxygen atoms in total. The molecule has 0 atom stereocenters. The number of hydrogen-bond donors (Lipinski definition) is 0. The highest BCUT2D eigenvalue weighted by molar-refractivity contribution is 6.30. The minimum Gasteiger partial charge on any atom is -0.449 e. The highest BCUT2D eigenvalue weighted by atomic mass is 35.5. The molecule has 0 fully saturated rings. The van der Waals surface area contributed by atoms with Crippen molar-refractivity contribution in [2.75, 3.05) is 0 Å². The Kier molecular flexibility index (Phi) is 4.03. The largest absolute Gasteiger partial charge is 0.449 e. The van der Waals surface area contributed by atoms with E-state index >= 15 is 0 Å². The fourth-order valence-electron chi connectivity index (χ4n) is 1.61. The minimum absolute atomic E-state index is 0.0715. The quantitative estimate of drug-likeness (QED) is 0.634. The van der Waals surface area contributed by atoms with Gasteiger partial charge in [0.2, 0.25) is 5.75 Å². The van der Waals surface area contributed by atoms with Crippen LogP contribution in [0.25, 0.3) is 0 Å². The third-order valence-electron chi connectivity index (χ3n) is 2.57. The number of nitrogens with zero attached hydrogens (tertiary/aromatic N) is 3. The molecular formula is C14H6ClN3O3. The molecule has 21 heavy (non-hydrogen) atoms. The molecule has 102 valence electrons. The van der Waals surface area contributed by atoms with Crippen LogP contribution in [0.1, 0.15) is 11.1 Å². The van der Waals surface area contributed by atoms with Crippen molar-refractivity contribution in [3.63, 3.8) is 0 Å². The lowest BCUT2D eigenvalue weighted by atomic mass is 10.2. The van der Waals surface area contributed by atoms with Crippen LogP contribution in [0.4, 0.5) is 5.69 Å². The van der Waals surface area contributed by atoms with Crippen LogP contribution in [-0.2, 0) is 0 Å². The summed E-state index contributed by atoms with van der Waals surface area (Å²) in [6.45, 7) is 0. The van der Waals surface area contributed by atoms with Crippen molar-refractivity contribution >= 4 is 17.3 Å². The summed E-state index contributed by atoms with van der Waals surface area (Å²) in [6.07, 6.45) is 0. The highest BCUT2D eigenvalue weighted by Gasteiger charge is 2.18. The van der Waals surface area contributed by atoms with Crippen molar-refractivity contribution in [2.24, 2.45) is 0 Å². The maximum absolute atomic E-state index is 11.0. The summed E-state index contributed by atoms with van der Waals surface area (Å²) in [5.41, 5.74) is -0.0309. The van der Waals surface area contributed by atoms with Crippen molar-refractivity contribution in [3.8, 4) is 23.6 Å². The van der Waals surface area contributed by atoms with E-state index in [1.165, 1.54) is 30.3 Å². The molecule has 0 saturated heterocycles.